The minimum absolute atomic E-state index is 0.0819. The van der Waals surface area contributed by atoms with Crippen molar-refractivity contribution in [2.75, 3.05) is 18.5 Å². The molecule has 164 valence electrons. The number of rotatable bonds is 9. The highest BCUT2D eigenvalue weighted by Crippen LogP contribution is 2.23. The molecule has 0 saturated carbocycles. The summed E-state index contributed by atoms with van der Waals surface area (Å²) in [6, 6.07) is 21.0. The molecule has 7 heteroatoms. The molecule has 0 fully saturated rings. The van der Waals surface area contributed by atoms with Crippen LogP contribution in [0.2, 0.25) is 5.02 Å². The molecule has 1 aromatic heterocycles. The van der Waals surface area contributed by atoms with Gasteiger partial charge in [-0.1, -0.05) is 41.4 Å². The average Bonchev–Trinajstić information content (AvgIpc) is 3.20. The maximum absolute atomic E-state index is 12.3. The van der Waals surface area contributed by atoms with E-state index in [4.69, 9.17) is 16.3 Å². The molecule has 0 aliphatic carbocycles. The van der Waals surface area contributed by atoms with E-state index < -0.39 is 0 Å². The molecule has 0 bridgehead atoms. The number of benzene rings is 3. The molecule has 0 aliphatic heterocycles. The van der Waals surface area contributed by atoms with Crippen molar-refractivity contribution < 1.29 is 9.53 Å². The third kappa shape index (κ3) is 5.87. The normalized spacial score (nSPS) is 10.9. The van der Waals surface area contributed by atoms with Crippen molar-refractivity contribution in [2.45, 2.75) is 19.9 Å². The minimum atomic E-state index is -0.215. The lowest BCUT2D eigenvalue weighted by atomic mass is 10.2. The fourth-order valence-corrected chi connectivity index (χ4v) is 3.55. The Morgan fingerprint density at radius 1 is 1.09 bits per heavy atom. The SMILES string of the molecule is Cc1ccc(NC(=O)COc2ccc(Cl)cc2CNCCc2nc3ccccc3[nH]2)cc1. The van der Waals surface area contributed by atoms with E-state index in [0.717, 1.165) is 46.6 Å². The van der Waals surface area contributed by atoms with Crippen molar-refractivity contribution in [1.82, 2.24) is 15.3 Å². The Hall–Kier alpha value is -3.35. The minimum Gasteiger partial charge on any atom is -0.483 e. The van der Waals surface area contributed by atoms with Gasteiger partial charge in [-0.3, -0.25) is 4.79 Å². The second-order valence-electron chi connectivity index (χ2n) is 7.58. The molecule has 6 nitrogen and oxygen atoms in total. The summed E-state index contributed by atoms with van der Waals surface area (Å²) in [4.78, 5) is 20.2. The van der Waals surface area contributed by atoms with Crippen LogP contribution >= 0.6 is 11.6 Å². The predicted molar refractivity (Wildman–Crippen MR) is 128 cm³/mol. The number of anilines is 1. The molecule has 1 amide bonds. The number of nitrogens with one attached hydrogen (secondary N) is 3. The number of imidazole rings is 1. The van der Waals surface area contributed by atoms with Crippen LogP contribution < -0.4 is 15.4 Å². The fourth-order valence-electron chi connectivity index (χ4n) is 3.36. The van der Waals surface area contributed by atoms with Crippen LogP contribution in [0.4, 0.5) is 5.69 Å². The number of aromatic amines is 1. The zero-order valence-electron chi connectivity index (χ0n) is 17.8. The molecule has 0 aliphatic rings. The van der Waals surface area contributed by atoms with Gasteiger partial charge in [-0.25, -0.2) is 4.98 Å². The molecule has 3 N–H and O–H groups in total. The van der Waals surface area contributed by atoms with Gasteiger partial charge in [0.1, 0.15) is 11.6 Å². The maximum Gasteiger partial charge on any atom is 0.262 e. The summed E-state index contributed by atoms with van der Waals surface area (Å²) in [5.74, 6) is 1.35. The molecule has 4 rings (SSSR count). The Balaban J connectivity index is 1.29. The number of ether oxygens (including phenoxy) is 1. The van der Waals surface area contributed by atoms with Crippen molar-refractivity contribution in [3.05, 3.63) is 88.7 Å². The monoisotopic (exact) mass is 448 g/mol. The van der Waals surface area contributed by atoms with E-state index in [1.54, 1.807) is 12.1 Å². The van der Waals surface area contributed by atoms with E-state index in [0.29, 0.717) is 17.3 Å². The average molecular weight is 449 g/mol. The second-order valence-corrected chi connectivity index (χ2v) is 8.02. The van der Waals surface area contributed by atoms with Gasteiger partial charge in [0.15, 0.2) is 6.61 Å². The van der Waals surface area contributed by atoms with E-state index >= 15 is 0 Å². The van der Waals surface area contributed by atoms with Gasteiger partial charge in [0, 0.05) is 35.8 Å². The quantitative estimate of drug-likeness (QED) is 0.319. The van der Waals surface area contributed by atoms with Gasteiger partial charge in [0.25, 0.3) is 5.91 Å². The Kier molecular flexibility index (Phi) is 7.04. The maximum atomic E-state index is 12.3. The van der Waals surface area contributed by atoms with Crippen LogP contribution in [0.1, 0.15) is 17.0 Å². The molecular formula is C25H25ClN4O2. The van der Waals surface area contributed by atoms with Gasteiger partial charge in [-0.05, 0) is 49.4 Å². The first-order valence-corrected chi connectivity index (χ1v) is 10.9. The van der Waals surface area contributed by atoms with E-state index in [1.807, 2.05) is 61.5 Å². The van der Waals surface area contributed by atoms with Gasteiger partial charge in [-0.2, -0.15) is 0 Å². The summed E-state index contributed by atoms with van der Waals surface area (Å²) in [5.41, 5.74) is 4.78. The number of aromatic nitrogens is 2. The van der Waals surface area contributed by atoms with E-state index in [9.17, 15) is 4.79 Å². The number of hydrogen-bond acceptors (Lipinski definition) is 4. The molecule has 0 radical (unpaired) electrons. The molecule has 0 spiro atoms. The van der Waals surface area contributed by atoms with Crippen molar-refractivity contribution in [3.8, 4) is 5.75 Å². The van der Waals surface area contributed by atoms with Crippen molar-refractivity contribution in [1.29, 1.82) is 0 Å². The molecule has 0 atom stereocenters. The molecule has 1 heterocycles. The third-order valence-electron chi connectivity index (χ3n) is 5.01. The molecule has 0 unspecified atom stereocenters. The van der Waals surface area contributed by atoms with Crippen LogP contribution in [0, 0.1) is 6.92 Å². The summed E-state index contributed by atoms with van der Waals surface area (Å²) in [6.45, 7) is 3.22. The van der Waals surface area contributed by atoms with Crippen LogP contribution in [-0.2, 0) is 17.8 Å². The summed E-state index contributed by atoms with van der Waals surface area (Å²) in [7, 11) is 0. The topological polar surface area (TPSA) is 79.0 Å². The highest BCUT2D eigenvalue weighted by molar-refractivity contribution is 6.30. The molecule has 3 aromatic carbocycles. The lowest BCUT2D eigenvalue weighted by Gasteiger charge is -2.13. The lowest BCUT2D eigenvalue weighted by Crippen LogP contribution is -2.21. The van der Waals surface area contributed by atoms with Crippen molar-refractivity contribution in [2.24, 2.45) is 0 Å². The highest BCUT2D eigenvalue weighted by Gasteiger charge is 2.09. The van der Waals surface area contributed by atoms with Crippen LogP contribution in [0.3, 0.4) is 0 Å². The molecule has 4 aromatic rings. The van der Waals surface area contributed by atoms with Crippen LogP contribution in [0.15, 0.2) is 66.7 Å². The number of carbonyl (C=O) groups excluding carboxylic acids is 1. The number of halogens is 1. The standard InChI is InChI=1S/C25H25ClN4O2/c1-17-6-9-20(10-7-17)28-25(31)16-32-23-11-8-19(26)14-18(23)15-27-13-12-24-29-21-4-2-3-5-22(21)30-24/h2-11,14,27H,12-13,15-16H2,1H3,(H,28,31)(H,29,30). The number of fused-ring (bicyclic) bond motifs is 1. The summed E-state index contributed by atoms with van der Waals surface area (Å²) in [5, 5.41) is 6.85. The van der Waals surface area contributed by atoms with Gasteiger partial charge in [-0.15, -0.1) is 0 Å². The van der Waals surface area contributed by atoms with Crippen LogP contribution in [-0.4, -0.2) is 29.0 Å². The van der Waals surface area contributed by atoms with E-state index in [-0.39, 0.29) is 12.5 Å². The smallest absolute Gasteiger partial charge is 0.262 e. The summed E-state index contributed by atoms with van der Waals surface area (Å²) in [6.07, 6.45) is 0.768. The molecule has 32 heavy (non-hydrogen) atoms. The Morgan fingerprint density at radius 3 is 2.72 bits per heavy atom. The second kappa shape index (κ2) is 10.3. The van der Waals surface area contributed by atoms with E-state index in [2.05, 4.69) is 20.6 Å². The Morgan fingerprint density at radius 2 is 1.91 bits per heavy atom. The summed E-state index contributed by atoms with van der Waals surface area (Å²) < 4.78 is 5.78. The van der Waals surface area contributed by atoms with Crippen molar-refractivity contribution >= 4 is 34.2 Å². The fraction of sp³-hybridized carbons (Fsp3) is 0.200. The van der Waals surface area contributed by atoms with Crippen LogP contribution in [0.5, 0.6) is 5.75 Å². The number of para-hydroxylation sites is 2. The first kappa shape index (κ1) is 21.9. The first-order valence-electron chi connectivity index (χ1n) is 10.5. The summed E-state index contributed by atoms with van der Waals surface area (Å²) >= 11 is 6.18. The molecule has 0 saturated heterocycles. The number of H-pyrrole nitrogens is 1. The van der Waals surface area contributed by atoms with Gasteiger partial charge >= 0.3 is 0 Å². The predicted octanol–water partition coefficient (Wildman–Crippen LogP) is 4.87. The number of aryl methyl sites for hydroxylation is 1. The van der Waals surface area contributed by atoms with Crippen LogP contribution in [0.25, 0.3) is 11.0 Å². The largest absolute Gasteiger partial charge is 0.483 e. The number of carbonyl (C=O) groups is 1. The zero-order chi connectivity index (χ0) is 22.3. The van der Waals surface area contributed by atoms with E-state index in [1.165, 1.54) is 0 Å². The van der Waals surface area contributed by atoms with Crippen molar-refractivity contribution in [3.63, 3.8) is 0 Å². The number of hydrogen-bond donors (Lipinski definition) is 3. The molecular weight excluding hydrogens is 424 g/mol. The first-order chi connectivity index (χ1) is 15.6. The number of nitrogens with zero attached hydrogens (tertiary/aromatic N) is 1. The zero-order valence-corrected chi connectivity index (χ0v) is 18.6. The van der Waals surface area contributed by atoms with Gasteiger partial charge < -0.3 is 20.4 Å². The van der Waals surface area contributed by atoms with Gasteiger partial charge in [0.2, 0.25) is 0 Å². The van der Waals surface area contributed by atoms with Gasteiger partial charge in [0.05, 0.1) is 11.0 Å². The highest BCUT2D eigenvalue weighted by atomic mass is 35.5. The lowest BCUT2D eigenvalue weighted by molar-refractivity contribution is -0.118. The number of amides is 1. The third-order valence-corrected chi connectivity index (χ3v) is 5.24. The Bertz CT molecular complexity index is 1170. The Labute approximate surface area is 192 Å².